The van der Waals surface area contributed by atoms with Gasteiger partial charge in [0.2, 0.25) is 0 Å². The summed E-state index contributed by atoms with van der Waals surface area (Å²) in [7, 11) is 0. The number of carboxylic acid groups (broad SMARTS) is 1. The molecule has 0 radical (unpaired) electrons. The van der Waals surface area contributed by atoms with Crippen molar-refractivity contribution in [2.45, 2.75) is 63.8 Å². The number of urea groups is 1. The van der Waals surface area contributed by atoms with Gasteiger partial charge >= 0.3 is 12.0 Å². The third-order valence-electron chi connectivity index (χ3n) is 3.78. The highest BCUT2D eigenvalue weighted by molar-refractivity contribution is 5.76. The van der Waals surface area contributed by atoms with Crippen LogP contribution in [-0.4, -0.2) is 42.4 Å². The zero-order valence-electron chi connectivity index (χ0n) is 13.0. The lowest BCUT2D eigenvalue weighted by Crippen LogP contribution is -2.54. The van der Waals surface area contributed by atoms with Crippen LogP contribution in [0.4, 0.5) is 4.79 Å². The average Bonchev–Trinajstić information content (AvgIpc) is 2.42. The minimum Gasteiger partial charge on any atom is -0.481 e. The van der Waals surface area contributed by atoms with Gasteiger partial charge in [-0.2, -0.15) is 0 Å². The van der Waals surface area contributed by atoms with Gasteiger partial charge in [-0.05, 0) is 25.7 Å². The predicted octanol–water partition coefficient (Wildman–Crippen LogP) is 2.28. The first-order chi connectivity index (χ1) is 10.1. The largest absolute Gasteiger partial charge is 0.481 e. The first-order valence-corrected chi connectivity index (χ1v) is 7.93. The first kappa shape index (κ1) is 17.8. The monoisotopic (exact) mass is 300 g/mol. The zero-order valence-corrected chi connectivity index (χ0v) is 13.0. The first-order valence-electron chi connectivity index (χ1n) is 7.93. The minimum atomic E-state index is -0.856. The summed E-state index contributed by atoms with van der Waals surface area (Å²) in [5, 5.41) is 14.7. The van der Waals surface area contributed by atoms with Gasteiger partial charge in [0.25, 0.3) is 0 Å². The normalized spacial score (nSPS) is 17.2. The summed E-state index contributed by atoms with van der Waals surface area (Å²) in [5.74, 6) is -0.856. The van der Waals surface area contributed by atoms with Gasteiger partial charge in [0.1, 0.15) is 0 Å². The Morgan fingerprint density at radius 3 is 2.52 bits per heavy atom. The molecule has 1 rings (SSSR count). The van der Waals surface area contributed by atoms with Crippen LogP contribution in [0, 0.1) is 0 Å². The molecule has 6 nitrogen and oxygen atoms in total. The van der Waals surface area contributed by atoms with Crippen LogP contribution in [0.5, 0.6) is 0 Å². The third kappa shape index (κ3) is 7.32. The molecular weight excluding hydrogens is 272 g/mol. The van der Waals surface area contributed by atoms with Crippen LogP contribution in [0.25, 0.3) is 0 Å². The molecule has 2 amide bonds. The van der Waals surface area contributed by atoms with Crippen molar-refractivity contribution in [3.05, 3.63) is 0 Å². The van der Waals surface area contributed by atoms with Crippen molar-refractivity contribution in [3.63, 3.8) is 0 Å². The van der Waals surface area contributed by atoms with Gasteiger partial charge in [-0.1, -0.05) is 26.2 Å². The van der Waals surface area contributed by atoms with Crippen LogP contribution < -0.4 is 10.6 Å². The molecule has 0 aliphatic heterocycles. The molecule has 0 heterocycles. The summed E-state index contributed by atoms with van der Waals surface area (Å²) in [6.45, 7) is 3.97. The standard InChI is InChI=1S/C15H28N2O4/c1-2-10-21-11-6-9-16-14(20)17-15(12-13(18)19)7-4-3-5-8-15/h2-12H2,1H3,(H,18,19)(H2,16,17,20). The van der Waals surface area contributed by atoms with Crippen molar-refractivity contribution in [2.75, 3.05) is 19.8 Å². The second-order valence-electron chi connectivity index (χ2n) is 5.76. The molecule has 1 aliphatic carbocycles. The SMILES string of the molecule is CCCOCCCNC(=O)NC1(CC(=O)O)CCCCC1. The number of ether oxygens (including phenoxy) is 1. The average molecular weight is 300 g/mol. The van der Waals surface area contributed by atoms with Gasteiger partial charge in [-0.15, -0.1) is 0 Å². The predicted molar refractivity (Wildman–Crippen MR) is 80.3 cm³/mol. The second kappa shape index (κ2) is 9.60. The Balaban J connectivity index is 2.30. The maximum atomic E-state index is 11.9. The number of amides is 2. The topological polar surface area (TPSA) is 87.7 Å². The fourth-order valence-corrected chi connectivity index (χ4v) is 2.77. The number of aliphatic carboxylic acids is 1. The third-order valence-corrected chi connectivity index (χ3v) is 3.78. The summed E-state index contributed by atoms with van der Waals surface area (Å²) >= 11 is 0. The highest BCUT2D eigenvalue weighted by Gasteiger charge is 2.35. The van der Waals surface area contributed by atoms with Gasteiger partial charge < -0.3 is 20.5 Å². The van der Waals surface area contributed by atoms with Gasteiger partial charge in [-0.3, -0.25) is 4.79 Å². The van der Waals surface area contributed by atoms with E-state index in [0.717, 1.165) is 51.6 Å². The van der Waals surface area contributed by atoms with Crippen molar-refractivity contribution in [1.82, 2.24) is 10.6 Å². The van der Waals surface area contributed by atoms with Crippen LogP contribution in [0.1, 0.15) is 58.3 Å². The van der Waals surface area contributed by atoms with E-state index in [2.05, 4.69) is 17.6 Å². The smallest absolute Gasteiger partial charge is 0.315 e. The number of carbonyl (C=O) groups is 2. The van der Waals surface area contributed by atoms with Crippen LogP contribution in [0.2, 0.25) is 0 Å². The Kier molecular flexibility index (Phi) is 8.12. The summed E-state index contributed by atoms with van der Waals surface area (Å²) in [5.41, 5.74) is -0.577. The maximum Gasteiger partial charge on any atom is 0.315 e. The molecule has 3 N–H and O–H groups in total. The van der Waals surface area contributed by atoms with Crippen molar-refractivity contribution < 1.29 is 19.4 Å². The van der Waals surface area contributed by atoms with E-state index >= 15 is 0 Å². The number of hydrogen-bond donors (Lipinski definition) is 3. The molecule has 1 fully saturated rings. The molecule has 1 saturated carbocycles. The van der Waals surface area contributed by atoms with Crippen LogP contribution in [0.15, 0.2) is 0 Å². The van der Waals surface area contributed by atoms with Crippen molar-refractivity contribution in [1.29, 1.82) is 0 Å². The van der Waals surface area contributed by atoms with Gasteiger partial charge in [0, 0.05) is 19.8 Å². The van der Waals surface area contributed by atoms with Crippen LogP contribution in [0.3, 0.4) is 0 Å². The van der Waals surface area contributed by atoms with Crippen LogP contribution >= 0.6 is 0 Å². The lowest BCUT2D eigenvalue weighted by atomic mass is 9.79. The molecular formula is C15H28N2O4. The van der Waals surface area contributed by atoms with E-state index < -0.39 is 11.5 Å². The molecule has 0 unspecified atom stereocenters. The molecule has 0 saturated heterocycles. The maximum absolute atomic E-state index is 11.9. The number of rotatable bonds is 9. The van der Waals surface area contributed by atoms with E-state index in [4.69, 9.17) is 9.84 Å². The van der Waals surface area contributed by atoms with E-state index in [1.54, 1.807) is 0 Å². The number of nitrogens with one attached hydrogen (secondary N) is 2. The van der Waals surface area contributed by atoms with Crippen molar-refractivity contribution >= 4 is 12.0 Å². The highest BCUT2D eigenvalue weighted by Crippen LogP contribution is 2.31. The van der Waals surface area contributed by atoms with E-state index in [9.17, 15) is 9.59 Å². The quantitative estimate of drug-likeness (QED) is 0.570. The van der Waals surface area contributed by atoms with Crippen molar-refractivity contribution in [2.24, 2.45) is 0 Å². The lowest BCUT2D eigenvalue weighted by Gasteiger charge is -2.36. The van der Waals surface area contributed by atoms with E-state index in [1.165, 1.54) is 0 Å². The molecule has 0 aromatic rings. The molecule has 1 aliphatic rings. The molecule has 0 aromatic carbocycles. The van der Waals surface area contributed by atoms with Gasteiger partial charge in [0.05, 0.1) is 12.0 Å². The Labute approximate surface area is 126 Å². The molecule has 122 valence electrons. The Morgan fingerprint density at radius 2 is 1.90 bits per heavy atom. The molecule has 0 spiro atoms. The number of carboxylic acids is 1. The molecule has 0 aromatic heterocycles. The zero-order chi connectivity index (χ0) is 15.6. The van der Waals surface area contributed by atoms with Gasteiger partial charge in [-0.25, -0.2) is 4.79 Å². The molecule has 21 heavy (non-hydrogen) atoms. The molecule has 6 heteroatoms. The summed E-state index contributed by atoms with van der Waals surface area (Å²) < 4.78 is 5.34. The fraction of sp³-hybridized carbons (Fsp3) is 0.867. The Hall–Kier alpha value is -1.30. The van der Waals surface area contributed by atoms with E-state index in [0.29, 0.717) is 13.2 Å². The molecule has 0 bridgehead atoms. The van der Waals surface area contributed by atoms with Crippen LogP contribution in [-0.2, 0) is 9.53 Å². The number of carbonyl (C=O) groups excluding carboxylic acids is 1. The Morgan fingerprint density at radius 1 is 1.19 bits per heavy atom. The number of hydrogen-bond acceptors (Lipinski definition) is 3. The molecule has 0 atom stereocenters. The fourth-order valence-electron chi connectivity index (χ4n) is 2.77. The van der Waals surface area contributed by atoms with Gasteiger partial charge in [0.15, 0.2) is 0 Å². The highest BCUT2D eigenvalue weighted by atomic mass is 16.5. The summed E-state index contributed by atoms with van der Waals surface area (Å²) in [4.78, 5) is 23.0. The lowest BCUT2D eigenvalue weighted by molar-refractivity contribution is -0.139. The second-order valence-corrected chi connectivity index (χ2v) is 5.76. The Bertz CT molecular complexity index is 328. The minimum absolute atomic E-state index is 0.0000309. The van der Waals surface area contributed by atoms with E-state index in [1.807, 2.05) is 0 Å². The summed E-state index contributed by atoms with van der Waals surface area (Å²) in [6, 6.07) is -0.270. The van der Waals surface area contributed by atoms with E-state index in [-0.39, 0.29) is 12.5 Å². The summed E-state index contributed by atoms with van der Waals surface area (Å²) in [6.07, 6.45) is 6.29. The van der Waals surface area contributed by atoms with Crippen molar-refractivity contribution in [3.8, 4) is 0 Å².